The van der Waals surface area contributed by atoms with Crippen molar-refractivity contribution >= 4 is 5.96 Å². The predicted molar refractivity (Wildman–Crippen MR) is 104 cm³/mol. The molecule has 2 aliphatic heterocycles. The number of guanidine groups is 1. The smallest absolute Gasteiger partial charge is 0.247 e. The number of para-hydroxylation sites is 2. The second-order valence-electron chi connectivity index (χ2n) is 7.77. The van der Waals surface area contributed by atoms with E-state index in [0.717, 1.165) is 17.1 Å². The lowest BCUT2D eigenvalue weighted by molar-refractivity contribution is -0.158. The average Bonchev–Trinajstić information content (AvgIpc) is 2.98. The van der Waals surface area contributed by atoms with Crippen LogP contribution in [0.4, 0.5) is 0 Å². The first-order valence-corrected chi connectivity index (χ1v) is 9.04. The largest absolute Gasteiger partial charge is 0.457 e. The van der Waals surface area contributed by atoms with Gasteiger partial charge in [-0.15, -0.1) is 0 Å². The summed E-state index contributed by atoms with van der Waals surface area (Å²) < 4.78 is 11.7. The fraction of sp³-hybridized carbons (Fsp3) is 0.381. The zero-order chi connectivity index (χ0) is 19.2. The van der Waals surface area contributed by atoms with Gasteiger partial charge in [-0.2, -0.15) is 0 Å². The molecule has 0 atom stereocenters. The van der Waals surface area contributed by atoms with Crippen molar-refractivity contribution in [2.75, 3.05) is 20.9 Å². The number of hydroxylamine groups is 2. The maximum Gasteiger partial charge on any atom is 0.247 e. The van der Waals surface area contributed by atoms with Crippen molar-refractivity contribution in [3.63, 3.8) is 0 Å². The van der Waals surface area contributed by atoms with E-state index in [-0.39, 0.29) is 12.3 Å². The molecule has 6 nitrogen and oxygen atoms in total. The van der Waals surface area contributed by atoms with E-state index < -0.39 is 5.72 Å². The molecule has 0 unspecified atom stereocenters. The first kappa shape index (κ1) is 17.7. The van der Waals surface area contributed by atoms with Gasteiger partial charge in [0, 0.05) is 19.6 Å². The number of benzene rings is 2. The number of rotatable bonds is 0. The summed E-state index contributed by atoms with van der Waals surface area (Å²) in [6.45, 7) is 6.56. The molecule has 2 aromatic rings. The van der Waals surface area contributed by atoms with E-state index >= 15 is 0 Å². The molecule has 6 heteroatoms. The third-order valence-corrected chi connectivity index (χ3v) is 5.05. The Labute approximate surface area is 159 Å². The van der Waals surface area contributed by atoms with Gasteiger partial charge in [0.05, 0.1) is 11.1 Å². The molecule has 2 heterocycles. The minimum absolute atomic E-state index is 0.115. The third kappa shape index (κ3) is 2.80. The van der Waals surface area contributed by atoms with Gasteiger partial charge in [0.15, 0.2) is 0 Å². The summed E-state index contributed by atoms with van der Waals surface area (Å²) in [5, 5.41) is 1.72. The Kier molecular flexibility index (Phi) is 4.03. The molecule has 0 saturated carbocycles. The molecule has 0 fully saturated rings. The van der Waals surface area contributed by atoms with Crippen molar-refractivity contribution in [1.29, 1.82) is 0 Å². The Morgan fingerprint density at radius 3 is 2.00 bits per heavy atom. The lowest BCUT2D eigenvalue weighted by Gasteiger charge is -2.35. The van der Waals surface area contributed by atoms with Crippen molar-refractivity contribution in [3.8, 4) is 11.5 Å². The normalized spacial score (nSPS) is 17.8. The van der Waals surface area contributed by atoms with E-state index in [1.165, 1.54) is 0 Å². The fourth-order valence-corrected chi connectivity index (χ4v) is 3.32. The minimum atomic E-state index is -1.07. The first-order chi connectivity index (χ1) is 12.8. The zero-order valence-corrected chi connectivity index (χ0v) is 16.4. The maximum atomic E-state index is 6.44. The van der Waals surface area contributed by atoms with E-state index in [1.54, 1.807) is 5.06 Å². The first-order valence-electron chi connectivity index (χ1n) is 9.04. The quantitative estimate of drug-likeness (QED) is 0.712. The topological polar surface area (TPSA) is 46.5 Å². The number of fused-ring (bicyclic) bond motifs is 4. The van der Waals surface area contributed by atoms with Crippen molar-refractivity contribution < 1.29 is 14.3 Å². The van der Waals surface area contributed by atoms with Crippen LogP contribution >= 0.6 is 0 Å². The van der Waals surface area contributed by atoms with Gasteiger partial charge in [-0.05, 0) is 45.0 Å². The summed E-state index contributed by atoms with van der Waals surface area (Å²) in [4.78, 5) is 13.6. The minimum Gasteiger partial charge on any atom is -0.457 e. The summed E-state index contributed by atoms with van der Waals surface area (Å²) in [6, 6.07) is 15.6. The second-order valence-corrected chi connectivity index (χ2v) is 7.77. The van der Waals surface area contributed by atoms with Gasteiger partial charge in [-0.25, -0.2) is 14.9 Å². The van der Waals surface area contributed by atoms with Crippen LogP contribution in [0, 0.1) is 0 Å². The standard InChI is InChI=1S/C21H25N3O3/c1-20(2,3)23(4)19-22-21(27-24(19)5)15-10-6-8-12-17(15)25-14-26-18-13-9-7-11-16(18)21/h6-13H,14H2,1-5H3. The van der Waals surface area contributed by atoms with Gasteiger partial charge >= 0.3 is 0 Å². The lowest BCUT2D eigenvalue weighted by atomic mass is 9.93. The average molecular weight is 367 g/mol. The van der Waals surface area contributed by atoms with Crippen molar-refractivity contribution in [2.45, 2.75) is 32.0 Å². The molecule has 0 aromatic heterocycles. The van der Waals surface area contributed by atoms with E-state index in [4.69, 9.17) is 19.3 Å². The third-order valence-electron chi connectivity index (χ3n) is 5.05. The summed E-state index contributed by atoms with van der Waals surface area (Å²) in [5.74, 6) is 2.14. The van der Waals surface area contributed by atoms with Crippen LogP contribution in [0.2, 0.25) is 0 Å². The Morgan fingerprint density at radius 1 is 0.963 bits per heavy atom. The van der Waals surface area contributed by atoms with Gasteiger partial charge in [-0.1, -0.05) is 24.3 Å². The number of nitrogens with zero attached hydrogens (tertiary/aromatic N) is 3. The van der Waals surface area contributed by atoms with Crippen LogP contribution in [-0.2, 0) is 10.6 Å². The highest BCUT2D eigenvalue weighted by atomic mass is 16.7. The Balaban J connectivity index is 1.97. The molecule has 0 radical (unpaired) electrons. The van der Waals surface area contributed by atoms with Gasteiger partial charge in [-0.3, -0.25) is 0 Å². The number of hydrogen-bond donors (Lipinski definition) is 0. The van der Waals surface area contributed by atoms with Crippen molar-refractivity contribution in [3.05, 3.63) is 59.7 Å². The molecule has 2 aromatic carbocycles. The van der Waals surface area contributed by atoms with Crippen molar-refractivity contribution in [1.82, 2.24) is 9.96 Å². The monoisotopic (exact) mass is 367 g/mol. The SMILES string of the molecule is CN1OC2(N=C1N(C)C(C)(C)C)c1ccccc1OCOc1ccccc12. The summed E-state index contributed by atoms with van der Waals surface area (Å²) >= 11 is 0. The van der Waals surface area contributed by atoms with Crippen LogP contribution in [0.15, 0.2) is 53.5 Å². The highest BCUT2D eigenvalue weighted by molar-refractivity contribution is 5.82. The Hall–Kier alpha value is -2.73. The molecule has 0 saturated heterocycles. The maximum absolute atomic E-state index is 6.44. The molecule has 0 bridgehead atoms. The molecule has 27 heavy (non-hydrogen) atoms. The Bertz CT molecular complexity index is 841. The fourth-order valence-electron chi connectivity index (χ4n) is 3.32. The summed E-state index contributed by atoms with van der Waals surface area (Å²) in [5.41, 5.74) is 0.516. The van der Waals surface area contributed by atoms with Crippen LogP contribution in [0.25, 0.3) is 0 Å². The number of ether oxygens (including phenoxy) is 2. The van der Waals surface area contributed by atoms with Gasteiger partial charge in [0.25, 0.3) is 0 Å². The van der Waals surface area contributed by atoms with E-state index in [1.807, 2.05) is 62.6 Å². The summed E-state index contributed by atoms with van der Waals surface area (Å²) in [6.07, 6.45) is 0. The van der Waals surface area contributed by atoms with Crippen LogP contribution in [-0.4, -0.2) is 42.3 Å². The molecule has 0 aliphatic carbocycles. The van der Waals surface area contributed by atoms with Gasteiger partial charge < -0.3 is 14.4 Å². The number of aliphatic imine (C=N–C) groups is 1. The molecular weight excluding hydrogens is 342 g/mol. The second kappa shape index (κ2) is 6.16. The summed E-state index contributed by atoms with van der Waals surface area (Å²) in [7, 11) is 3.90. The molecule has 142 valence electrons. The van der Waals surface area contributed by atoms with E-state index in [0.29, 0.717) is 11.5 Å². The van der Waals surface area contributed by atoms with Crippen LogP contribution < -0.4 is 9.47 Å². The highest BCUT2D eigenvalue weighted by Gasteiger charge is 2.49. The lowest BCUT2D eigenvalue weighted by Crippen LogP contribution is -2.47. The molecule has 0 amide bonds. The molecule has 1 spiro atoms. The predicted octanol–water partition coefficient (Wildman–Crippen LogP) is 3.58. The molecule has 4 rings (SSSR count). The van der Waals surface area contributed by atoms with Crippen LogP contribution in [0.1, 0.15) is 31.9 Å². The van der Waals surface area contributed by atoms with Gasteiger partial charge in [0.1, 0.15) is 11.5 Å². The van der Waals surface area contributed by atoms with Crippen molar-refractivity contribution in [2.24, 2.45) is 4.99 Å². The van der Waals surface area contributed by atoms with E-state index in [9.17, 15) is 0 Å². The van der Waals surface area contributed by atoms with Crippen LogP contribution in [0.5, 0.6) is 11.5 Å². The highest BCUT2D eigenvalue weighted by Crippen LogP contribution is 2.48. The van der Waals surface area contributed by atoms with E-state index in [2.05, 4.69) is 25.7 Å². The molecule has 2 aliphatic rings. The zero-order valence-electron chi connectivity index (χ0n) is 16.4. The van der Waals surface area contributed by atoms with Crippen LogP contribution in [0.3, 0.4) is 0 Å². The molecule has 0 N–H and O–H groups in total. The molecular formula is C21H25N3O3. The Morgan fingerprint density at radius 2 is 1.48 bits per heavy atom. The van der Waals surface area contributed by atoms with Gasteiger partial charge in [0.2, 0.25) is 18.5 Å². The number of hydrogen-bond acceptors (Lipinski definition) is 6.